The van der Waals surface area contributed by atoms with Gasteiger partial charge in [0.15, 0.2) is 0 Å². The van der Waals surface area contributed by atoms with Gasteiger partial charge < -0.3 is 15.2 Å². The van der Waals surface area contributed by atoms with E-state index in [1.807, 2.05) is 0 Å². The highest BCUT2D eigenvalue weighted by Gasteiger charge is 2.43. The number of carboxylic acids is 1. The van der Waals surface area contributed by atoms with Crippen molar-refractivity contribution >= 4 is 17.6 Å². The molecule has 0 aromatic heterocycles. The molecule has 1 fully saturated rings. The number of amides is 1. The van der Waals surface area contributed by atoms with Gasteiger partial charge >= 0.3 is 12.1 Å². The zero-order valence-corrected chi connectivity index (χ0v) is 13.0. The fourth-order valence-electron chi connectivity index (χ4n) is 2.89. The van der Waals surface area contributed by atoms with Crippen molar-refractivity contribution in [2.75, 3.05) is 12.4 Å². The molecular formula is C16H18F3NO4. The van der Waals surface area contributed by atoms with Crippen molar-refractivity contribution in [3.63, 3.8) is 0 Å². The van der Waals surface area contributed by atoms with Gasteiger partial charge in [-0.2, -0.15) is 13.2 Å². The zero-order chi connectivity index (χ0) is 17.9. The van der Waals surface area contributed by atoms with E-state index in [1.54, 1.807) is 0 Å². The molecule has 132 valence electrons. The van der Waals surface area contributed by atoms with Crippen molar-refractivity contribution in [3.8, 4) is 5.75 Å². The summed E-state index contributed by atoms with van der Waals surface area (Å²) in [5, 5.41) is 11.5. The Labute approximate surface area is 136 Å². The van der Waals surface area contributed by atoms with E-state index < -0.39 is 29.9 Å². The van der Waals surface area contributed by atoms with Crippen LogP contribution in [0.5, 0.6) is 5.75 Å². The molecule has 5 nitrogen and oxygen atoms in total. The van der Waals surface area contributed by atoms with Crippen LogP contribution < -0.4 is 10.1 Å². The highest BCUT2D eigenvalue weighted by atomic mass is 19.4. The second-order valence-electron chi connectivity index (χ2n) is 5.81. The Morgan fingerprint density at radius 2 is 2.00 bits per heavy atom. The van der Waals surface area contributed by atoms with Crippen molar-refractivity contribution < 1.29 is 32.6 Å². The van der Waals surface area contributed by atoms with Gasteiger partial charge in [0.05, 0.1) is 24.3 Å². The van der Waals surface area contributed by atoms with Crippen molar-refractivity contribution in [2.45, 2.75) is 31.9 Å². The number of ether oxygens (including phenoxy) is 1. The highest BCUT2D eigenvalue weighted by Crippen LogP contribution is 2.40. The summed E-state index contributed by atoms with van der Waals surface area (Å²) >= 11 is 0. The van der Waals surface area contributed by atoms with Gasteiger partial charge in [-0.3, -0.25) is 4.79 Å². The largest absolute Gasteiger partial charge is 0.495 e. The van der Waals surface area contributed by atoms with Crippen LogP contribution in [0.25, 0.3) is 0 Å². The first-order valence-electron chi connectivity index (χ1n) is 7.51. The van der Waals surface area contributed by atoms with Crippen LogP contribution in [-0.4, -0.2) is 30.3 Å². The highest BCUT2D eigenvalue weighted by molar-refractivity contribution is 5.95. The van der Waals surface area contributed by atoms with E-state index in [4.69, 9.17) is 9.84 Å². The molecule has 1 saturated carbocycles. The predicted molar refractivity (Wildman–Crippen MR) is 80.1 cm³/mol. The molecule has 1 aromatic rings. The number of rotatable bonds is 4. The van der Waals surface area contributed by atoms with Gasteiger partial charge in [0.1, 0.15) is 5.75 Å². The molecule has 2 N–H and O–H groups in total. The second kappa shape index (κ2) is 7.11. The molecule has 24 heavy (non-hydrogen) atoms. The fraction of sp³-hybridized carbons (Fsp3) is 0.500. The lowest BCUT2D eigenvalue weighted by molar-refractivity contribution is -0.185. The van der Waals surface area contributed by atoms with Crippen LogP contribution in [0.4, 0.5) is 18.9 Å². The van der Waals surface area contributed by atoms with Gasteiger partial charge in [-0.05, 0) is 37.5 Å². The Balaban J connectivity index is 2.10. The van der Waals surface area contributed by atoms with E-state index in [0.717, 1.165) is 0 Å². The van der Waals surface area contributed by atoms with Crippen LogP contribution >= 0.6 is 0 Å². The Morgan fingerprint density at radius 1 is 1.29 bits per heavy atom. The molecule has 1 aromatic carbocycles. The summed E-state index contributed by atoms with van der Waals surface area (Å²) in [7, 11) is 1.32. The van der Waals surface area contributed by atoms with Gasteiger partial charge in [-0.15, -0.1) is 0 Å². The monoisotopic (exact) mass is 345 g/mol. The number of carboxylic acid groups (broad SMARTS) is 1. The number of carbonyl (C=O) groups is 2. The van der Waals surface area contributed by atoms with E-state index in [-0.39, 0.29) is 29.8 Å². The first-order chi connectivity index (χ1) is 11.2. The summed E-state index contributed by atoms with van der Waals surface area (Å²) < 4.78 is 43.6. The maximum absolute atomic E-state index is 12.8. The number of aromatic carboxylic acids is 1. The molecule has 1 aliphatic carbocycles. The summed E-state index contributed by atoms with van der Waals surface area (Å²) in [6.07, 6.45) is -3.74. The topological polar surface area (TPSA) is 75.6 Å². The van der Waals surface area contributed by atoms with Crippen molar-refractivity contribution in [1.82, 2.24) is 0 Å². The fourth-order valence-corrected chi connectivity index (χ4v) is 2.89. The van der Waals surface area contributed by atoms with E-state index in [2.05, 4.69) is 5.32 Å². The second-order valence-corrected chi connectivity index (χ2v) is 5.81. The van der Waals surface area contributed by atoms with Gasteiger partial charge in [0.2, 0.25) is 5.91 Å². The van der Waals surface area contributed by atoms with Crippen molar-refractivity contribution in [2.24, 2.45) is 11.8 Å². The number of alkyl halides is 3. The first-order valence-corrected chi connectivity index (χ1v) is 7.51. The molecule has 2 unspecified atom stereocenters. The lowest BCUT2D eigenvalue weighted by atomic mass is 9.80. The summed E-state index contributed by atoms with van der Waals surface area (Å²) in [5.41, 5.74) is 0.223. The SMILES string of the molecule is COc1cc(C(=O)O)ccc1NC(=O)C1CCCC(C(F)(F)F)C1. The van der Waals surface area contributed by atoms with Crippen LogP contribution in [-0.2, 0) is 4.79 Å². The molecular weight excluding hydrogens is 327 g/mol. The summed E-state index contributed by atoms with van der Waals surface area (Å²) in [6, 6.07) is 3.90. The molecule has 0 aliphatic heterocycles. The molecule has 0 saturated heterocycles. The van der Waals surface area contributed by atoms with E-state index in [0.29, 0.717) is 12.8 Å². The average Bonchev–Trinajstić information content (AvgIpc) is 2.54. The number of benzene rings is 1. The van der Waals surface area contributed by atoms with Gasteiger partial charge in [-0.25, -0.2) is 4.79 Å². The predicted octanol–water partition coefficient (Wildman–Crippen LogP) is 3.70. The third kappa shape index (κ3) is 4.18. The van der Waals surface area contributed by atoms with Crippen LogP contribution in [0, 0.1) is 11.8 Å². The van der Waals surface area contributed by atoms with Crippen LogP contribution in [0.2, 0.25) is 0 Å². The van der Waals surface area contributed by atoms with Gasteiger partial charge in [-0.1, -0.05) is 6.42 Å². The summed E-state index contributed by atoms with van der Waals surface area (Å²) in [6.45, 7) is 0. The Morgan fingerprint density at radius 3 is 2.58 bits per heavy atom. The van der Waals surface area contributed by atoms with Crippen LogP contribution in [0.1, 0.15) is 36.0 Å². The maximum Gasteiger partial charge on any atom is 0.391 e. The number of hydrogen-bond donors (Lipinski definition) is 2. The molecule has 0 spiro atoms. The van der Waals surface area contributed by atoms with Crippen LogP contribution in [0.15, 0.2) is 18.2 Å². The molecule has 0 heterocycles. The summed E-state index contributed by atoms with van der Waals surface area (Å²) in [4.78, 5) is 23.2. The van der Waals surface area contributed by atoms with E-state index >= 15 is 0 Å². The first kappa shape index (κ1) is 18.1. The number of hydrogen-bond acceptors (Lipinski definition) is 3. The molecule has 1 amide bonds. The van der Waals surface area contributed by atoms with Gasteiger partial charge in [0.25, 0.3) is 0 Å². The zero-order valence-electron chi connectivity index (χ0n) is 13.0. The summed E-state index contributed by atoms with van der Waals surface area (Å²) in [5.74, 6) is -3.70. The third-order valence-corrected chi connectivity index (χ3v) is 4.21. The van der Waals surface area contributed by atoms with E-state index in [1.165, 1.54) is 25.3 Å². The Hall–Kier alpha value is -2.25. The normalized spacial score (nSPS) is 21.2. The molecule has 0 bridgehead atoms. The molecule has 0 radical (unpaired) electrons. The van der Waals surface area contributed by atoms with Gasteiger partial charge in [0, 0.05) is 5.92 Å². The molecule has 2 atom stereocenters. The minimum atomic E-state index is -4.29. The molecule has 1 aliphatic rings. The average molecular weight is 345 g/mol. The van der Waals surface area contributed by atoms with Crippen molar-refractivity contribution in [1.29, 1.82) is 0 Å². The standard InChI is InChI=1S/C16H18F3NO4/c1-24-13-8-10(15(22)23)5-6-12(13)20-14(21)9-3-2-4-11(7-9)16(17,18)19/h5-6,8-9,11H,2-4,7H2,1H3,(H,20,21)(H,22,23). The number of carbonyl (C=O) groups excluding carboxylic acids is 1. The lowest BCUT2D eigenvalue weighted by Gasteiger charge is -2.29. The molecule has 2 rings (SSSR count). The number of anilines is 1. The van der Waals surface area contributed by atoms with Crippen LogP contribution in [0.3, 0.4) is 0 Å². The third-order valence-electron chi connectivity index (χ3n) is 4.21. The smallest absolute Gasteiger partial charge is 0.391 e. The number of halogens is 3. The molecule has 8 heteroatoms. The lowest BCUT2D eigenvalue weighted by Crippen LogP contribution is -2.34. The number of methoxy groups -OCH3 is 1. The maximum atomic E-state index is 12.8. The minimum absolute atomic E-state index is 0.0142. The Kier molecular flexibility index (Phi) is 5.36. The Bertz CT molecular complexity index is 630. The van der Waals surface area contributed by atoms with Crippen molar-refractivity contribution in [3.05, 3.63) is 23.8 Å². The van der Waals surface area contributed by atoms with E-state index in [9.17, 15) is 22.8 Å². The number of nitrogens with one attached hydrogen (secondary N) is 1. The minimum Gasteiger partial charge on any atom is -0.495 e. The quantitative estimate of drug-likeness (QED) is 0.872.